The van der Waals surface area contributed by atoms with E-state index in [1.807, 2.05) is 0 Å². The van der Waals surface area contributed by atoms with Crippen LogP contribution in [0.4, 0.5) is 0 Å². The molecular weight excluding hydrogens is 320 g/mol. The first-order valence-corrected chi connectivity index (χ1v) is 7.04. The summed E-state index contributed by atoms with van der Waals surface area (Å²) in [7, 11) is 0. The fourth-order valence-corrected chi connectivity index (χ4v) is 2.85. The summed E-state index contributed by atoms with van der Waals surface area (Å²) >= 11 is 0. The molecule has 0 aliphatic carbocycles. The molecule has 0 aromatic rings. The molecule has 2 unspecified atom stereocenters. The van der Waals surface area contributed by atoms with Crippen molar-refractivity contribution in [1.29, 1.82) is 0 Å². The van der Waals surface area contributed by atoms with E-state index < -0.39 is 73.9 Å². The van der Waals surface area contributed by atoms with Crippen LogP contribution < -0.4 is 0 Å². The Bertz CT molecular complexity index is 406. The molecule has 0 aromatic heterocycles. The van der Waals surface area contributed by atoms with Crippen LogP contribution in [0.25, 0.3) is 0 Å². The molecular formula is C12H22O11. The summed E-state index contributed by atoms with van der Waals surface area (Å²) in [5.41, 5.74) is 0. The van der Waals surface area contributed by atoms with Gasteiger partial charge in [0.2, 0.25) is 5.79 Å². The van der Waals surface area contributed by atoms with Crippen LogP contribution in [0.2, 0.25) is 0 Å². The van der Waals surface area contributed by atoms with Gasteiger partial charge in [0.05, 0.1) is 13.2 Å². The third-order valence-electron chi connectivity index (χ3n) is 4.31. The van der Waals surface area contributed by atoms with Crippen molar-refractivity contribution in [2.24, 2.45) is 0 Å². The molecule has 0 saturated carbocycles. The van der Waals surface area contributed by atoms with Crippen LogP contribution in [0, 0.1) is 0 Å². The first kappa shape index (κ1) is 18.9. The molecule has 2 heterocycles. The van der Waals surface area contributed by atoms with Gasteiger partial charge < -0.3 is 55.4 Å². The molecule has 11 heteroatoms. The lowest BCUT2D eigenvalue weighted by Crippen LogP contribution is -2.67. The van der Waals surface area contributed by atoms with E-state index in [1.165, 1.54) is 0 Å². The van der Waals surface area contributed by atoms with Crippen LogP contribution in [-0.4, -0.2) is 120 Å². The van der Waals surface area contributed by atoms with Crippen molar-refractivity contribution in [2.75, 3.05) is 13.2 Å². The lowest BCUT2D eigenvalue weighted by molar-refractivity contribution is -0.328. The molecule has 0 radical (unpaired) electrons. The highest BCUT2D eigenvalue weighted by molar-refractivity contribution is 5.05. The second-order valence-corrected chi connectivity index (χ2v) is 5.76. The third kappa shape index (κ3) is 2.99. The van der Waals surface area contributed by atoms with Crippen LogP contribution >= 0.6 is 0 Å². The number of ether oxygens (including phenoxy) is 2. The van der Waals surface area contributed by atoms with Gasteiger partial charge in [0.15, 0.2) is 0 Å². The molecule has 2 fully saturated rings. The van der Waals surface area contributed by atoms with E-state index in [9.17, 15) is 35.7 Å². The van der Waals surface area contributed by atoms with Crippen molar-refractivity contribution >= 4 is 0 Å². The Morgan fingerprint density at radius 1 is 0.826 bits per heavy atom. The van der Waals surface area contributed by atoms with Crippen molar-refractivity contribution in [3.63, 3.8) is 0 Å². The summed E-state index contributed by atoms with van der Waals surface area (Å²) in [4.78, 5) is 0. The third-order valence-corrected chi connectivity index (χ3v) is 4.31. The van der Waals surface area contributed by atoms with E-state index in [0.29, 0.717) is 0 Å². The Morgan fingerprint density at radius 3 is 1.87 bits per heavy atom. The number of aliphatic hydroxyl groups is 9. The van der Waals surface area contributed by atoms with Crippen molar-refractivity contribution in [3.05, 3.63) is 0 Å². The molecule has 2 aliphatic rings. The molecule has 9 N–H and O–H groups in total. The highest BCUT2D eigenvalue weighted by Crippen LogP contribution is 2.36. The van der Waals surface area contributed by atoms with E-state index >= 15 is 0 Å². The van der Waals surface area contributed by atoms with Gasteiger partial charge in [-0.25, -0.2) is 0 Å². The van der Waals surface area contributed by atoms with E-state index in [0.717, 1.165) is 0 Å². The van der Waals surface area contributed by atoms with E-state index in [2.05, 4.69) is 0 Å². The highest BCUT2D eigenvalue weighted by atomic mass is 16.7. The van der Waals surface area contributed by atoms with Crippen molar-refractivity contribution in [3.8, 4) is 0 Å². The average Bonchev–Trinajstić information content (AvgIpc) is 2.77. The topological polar surface area (TPSA) is 201 Å². The van der Waals surface area contributed by atoms with Crippen LogP contribution in [-0.2, 0) is 9.47 Å². The highest BCUT2D eigenvalue weighted by Gasteiger charge is 2.61. The van der Waals surface area contributed by atoms with Crippen LogP contribution in [0.5, 0.6) is 0 Å². The summed E-state index contributed by atoms with van der Waals surface area (Å²) in [6.45, 7) is -1.51. The fraction of sp³-hybridized carbons (Fsp3) is 1.00. The molecule has 0 bridgehead atoms. The molecule has 0 aromatic carbocycles. The van der Waals surface area contributed by atoms with Gasteiger partial charge in [0, 0.05) is 0 Å². The molecule has 23 heavy (non-hydrogen) atoms. The minimum absolute atomic E-state index is 0.752. The van der Waals surface area contributed by atoms with E-state index in [1.54, 1.807) is 0 Å². The number of aliphatic hydroxyl groups excluding tert-OH is 8. The molecule has 2 aliphatic heterocycles. The average molecular weight is 342 g/mol. The van der Waals surface area contributed by atoms with Gasteiger partial charge in [-0.05, 0) is 0 Å². The van der Waals surface area contributed by atoms with Crippen molar-refractivity contribution in [2.45, 2.75) is 60.7 Å². The van der Waals surface area contributed by atoms with Gasteiger partial charge in [0.1, 0.15) is 54.9 Å². The van der Waals surface area contributed by atoms with Gasteiger partial charge in [-0.1, -0.05) is 0 Å². The van der Waals surface area contributed by atoms with Crippen LogP contribution in [0.15, 0.2) is 0 Å². The summed E-state index contributed by atoms with van der Waals surface area (Å²) in [5.74, 6) is -2.81. The van der Waals surface area contributed by atoms with Crippen molar-refractivity contribution in [1.82, 2.24) is 0 Å². The van der Waals surface area contributed by atoms with Gasteiger partial charge in [0.25, 0.3) is 0 Å². The summed E-state index contributed by atoms with van der Waals surface area (Å²) in [5, 5.41) is 87.4. The molecule has 0 amide bonds. The molecule has 10 atom stereocenters. The predicted molar refractivity (Wildman–Crippen MR) is 68.7 cm³/mol. The molecule has 2 saturated heterocycles. The lowest BCUT2D eigenvalue weighted by atomic mass is 9.87. The lowest BCUT2D eigenvalue weighted by Gasteiger charge is -2.45. The second-order valence-electron chi connectivity index (χ2n) is 5.76. The Hall–Kier alpha value is -0.440. The summed E-state index contributed by atoms with van der Waals surface area (Å²) < 4.78 is 9.94. The van der Waals surface area contributed by atoms with Gasteiger partial charge >= 0.3 is 0 Å². The number of hydrogen-bond acceptors (Lipinski definition) is 11. The minimum atomic E-state index is -2.81. The molecule has 2 rings (SSSR count). The van der Waals surface area contributed by atoms with Gasteiger partial charge in [-0.3, -0.25) is 0 Å². The maximum atomic E-state index is 10.3. The Labute approximate surface area is 130 Å². The SMILES string of the molecule is OC[C@H]1O[C@@](O)(C(O)C2O[C@H](CO)[C@@H](O)[C@H](O)[C@H]2O)[C@@H](O)[C@@H]1O. The van der Waals surface area contributed by atoms with Crippen molar-refractivity contribution < 1.29 is 55.4 Å². The standard InChI is InChI=1S/C12H22O11/c13-1-3-5(15)7(17)8(18)9(22-3)11(20)12(21)10(19)6(16)4(2-14)23-12/h3-11,13-21H,1-2H2/t3-,4-,5-,6-,7+,8-,9?,10+,11?,12-/m1/s1. The first-order chi connectivity index (χ1) is 10.7. The van der Waals surface area contributed by atoms with Crippen LogP contribution in [0.1, 0.15) is 0 Å². The Balaban J connectivity index is 2.23. The van der Waals surface area contributed by atoms with E-state index in [-0.39, 0.29) is 0 Å². The Kier molecular flexibility index (Phi) is 5.60. The fourth-order valence-electron chi connectivity index (χ4n) is 2.85. The maximum Gasteiger partial charge on any atom is 0.224 e. The van der Waals surface area contributed by atoms with Gasteiger partial charge in [-0.2, -0.15) is 0 Å². The second kappa shape index (κ2) is 6.82. The molecule has 136 valence electrons. The van der Waals surface area contributed by atoms with E-state index in [4.69, 9.17) is 19.7 Å². The zero-order valence-corrected chi connectivity index (χ0v) is 12.0. The minimum Gasteiger partial charge on any atom is -0.394 e. The predicted octanol–water partition coefficient (Wildman–Crippen LogP) is -6.01. The number of rotatable bonds is 4. The monoisotopic (exact) mass is 342 g/mol. The summed E-state index contributed by atoms with van der Waals surface area (Å²) in [6.07, 6.45) is -15.8. The first-order valence-electron chi connectivity index (χ1n) is 7.04. The van der Waals surface area contributed by atoms with Crippen LogP contribution in [0.3, 0.4) is 0 Å². The zero-order valence-electron chi connectivity index (χ0n) is 12.0. The summed E-state index contributed by atoms with van der Waals surface area (Å²) in [6, 6.07) is 0. The smallest absolute Gasteiger partial charge is 0.224 e. The largest absolute Gasteiger partial charge is 0.394 e. The number of hydrogen-bond donors (Lipinski definition) is 9. The normalized spacial score (nSPS) is 52.6. The zero-order chi connectivity index (χ0) is 17.5. The molecule has 11 nitrogen and oxygen atoms in total. The molecule has 0 spiro atoms. The maximum absolute atomic E-state index is 10.3. The Morgan fingerprint density at radius 2 is 1.39 bits per heavy atom. The van der Waals surface area contributed by atoms with Gasteiger partial charge in [-0.15, -0.1) is 0 Å². The quantitative estimate of drug-likeness (QED) is 0.235.